The number of amides is 1. The number of aliphatic hydroxyl groups excluding tert-OH is 2. The third-order valence-corrected chi connectivity index (χ3v) is 15.3. The summed E-state index contributed by atoms with van der Waals surface area (Å²) in [4.78, 5) is 24.6. The van der Waals surface area contributed by atoms with E-state index in [9.17, 15) is 19.8 Å². The molecule has 0 rings (SSSR count). The van der Waals surface area contributed by atoms with E-state index in [1.165, 1.54) is 289 Å². The Bertz CT molecular complexity index is 1060. The van der Waals surface area contributed by atoms with Gasteiger partial charge in [0.2, 0.25) is 5.91 Å². The number of carbonyl (C=O) groups is 2. The molecule has 0 aliphatic carbocycles. The van der Waals surface area contributed by atoms with E-state index in [0.29, 0.717) is 25.9 Å². The lowest BCUT2D eigenvalue weighted by atomic mass is 10.0. The van der Waals surface area contributed by atoms with Crippen LogP contribution in [0.15, 0.2) is 12.2 Å². The largest absolute Gasteiger partial charge is 0.466 e. The first-order valence-corrected chi connectivity index (χ1v) is 32.4. The van der Waals surface area contributed by atoms with Crippen molar-refractivity contribution < 1.29 is 24.5 Å². The molecule has 71 heavy (non-hydrogen) atoms. The van der Waals surface area contributed by atoms with E-state index in [2.05, 4.69) is 31.3 Å². The third-order valence-electron chi connectivity index (χ3n) is 15.3. The van der Waals surface area contributed by atoms with Gasteiger partial charge in [0.05, 0.1) is 25.4 Å². The van der Waals surface area contributed by atoms with Crippen LogP contribution in [-0.4, -0.2) is 47.4 Å². The van der Waals surface area contributed by atoms with Crippen molar-refractivity contribution in [3.8, 4) is 0 Å². The first-order valence-electron chi connectivity index (χ1n) is 32.4. The Labute approximate surface area is 444 Å². The Morgan fingerprint density at radius 2 is 0.662 bits per heavy atom. The van der Waals surface area contributed by atoms with Crippen LogP contribution in [0.25, 0.3) is 0 Å². The standard InChI is InChI=1S/C65H127NO5/c1-3-5-7-9-11-13-15-17-19-21-23-27-31-35-39-43-47-51-55-59-65(70)71-60-56-52-48-44-40-36-32-28-25-22-24-26-30-34-38-42-46-50-54-58-64(69)66-62(61-67)63(68)57-53-49-45-41-37-33-29-20-18-16-14-12-10-8-6-4-2/h17,19,62-63,67-68H,3-16,18,20-61H2,1-2H3,(H,66,69)/b19-17-. The molecule has 2 unspecified atom stereocenters. The Morgan fingerprint density at radius 3 is 1.00 bits per heavy atom. The predicted molar refractivity (Wildman–Crippen MR) is 310 cm³/mol. The van der Waals surface area contributed by atoms with E-state index in [-0.39, 0.29) is 18.5 Å². The van der Waals surface area contributed by atoms with E-state index < -0.39 is 12.1 Å². The molecular weight excluding hydrogens is 875 g/mol. The second-order valence-corrected chi connectivity index (χ2v) is 22.5. The van der Waals surface area contributed by atoms with E-state index in [0.717, 1.165) is 44.9 Å². The topological polar surface area (TPSA) is 95.9 Å². The molecule has 0 heterocycles. The van der Waals surface area contributed by atoms with Crippen molar-refractivity contribution in [2.24, 2.45) is 0 Å². The van der Waals surface area contributed by atoms with Crippen LogP contribution in [0.2, 0.25) is 0 Å². The summed E-state index contributed by atoms with van der Waals surface area (Å²) >= 11 is 0. The summed E-state index contributed by atoms with van der Waals surface area (Å²) in [6, 6.07) is -0.543. The van der Waals surface area contributed by atoms with Gasteiger partial charge >= 0.3 is 5.97 Å². The molecule has 6 nitrogen and oxygen atoms in total. The van der Waals surface area contributed by atoms with Crippen LogP contribution in [-0.2, 0) is 14.3 Å². The minimum atomic E-state index is -0.666. The highest BCUT2D eigenvalue weighted by atomic mass is 16.5. The van der Waals surface area contributed by atoms with E-state index >= 15 is 0 Å². The molecule has 0 fully saturated rings. The Balaban J connectivity index is 3.37. The summed E-state index contributed by atoms with van der Waals surface area (Å²) in [5.74, 6) is -0.0250. The molecule has 0 saturated heterocycles. The molecule has 0 spiro atoms. The lowest BCUT2D eigenvalue weighted by Crippen LogP contribution is -2.45. The first-order chi connectivity index (χ1) is 35.0. The van der Waals surface area contributed by atoms with Crippen LogP contribution < -0.4 is 5.32 Å². The van der Waals surface area contributed by atoms with Crippen molar-refractivity contribution in [3.63, 3.8) is 0 Å². The molecule has 0 aromatic heterocycles. The monoisotopic (exact) mass is 1000 g/mol. The Kier molecular flexibility index (Phi) is 59.9. The van der Waals surface area contributed by atoms with Gasteiger partial charge in [-0.25, -0.2) is 0 Å². The van der Waals surface area contributed by atoms with Gasteiger partial charge in [-0.1, -0.05) is 315 Å². The molecule has 3 N–H and O–H groups in total. The molecule has 0 bridgehead atoms. The lowest BCUT2D eigenvalue weighted by molar-refractivity contribution is -0.143. The van der Waals surface area contributed by atoms with Crippen molar-refractivity contribution in [3.05, 3.63) is 12.2 Å². The van der Waals surface area contributed by atoms with Gasteiger partial charge in [0.25, 0.3) is 0 Å². The highest BCUT2D eigenvalue weighted by Crippen LogP contribution is 2.18. The molecule has 0 aliphatic heterocycles. The van der Waals surface area contributed by atoms with Gasteiger partial charge in [-0.15, -0.1) is 0 Å². The summed E-state index contributed by atoms with van der Waals surface area (Å²) in [5.41, 5.74) is 0. The molecule has 6 heteroatoms. The average molecular weight is 1000 g/mol. The minimum absolute atomic E-state index is 0.00968. The number of aliphatic hydroxyl groups is 2. The normalized spacial score (nSPS) is 12.6. The van der Waals surface area contributed by atoms with Crippen LogP contribution >= 0.6 is 0 Å². The molecular formula is C65H127NO5. The lowest BCUT2D eigenvalue weighted by Gasteiger charge is -2.22. The third kappa shape index (κ3) is 57.7. The van der Waals surface area contributed by atoms with Crippen LogP contribution in [0.4, 0.5) is 0 Å². The zero-order valence-electron chi connectivity index (χ0n) is 48.2. The fraction of sp³-hybridized carbons (Fsp3) is 0.938. The highest BCUT2D eigenvalue weighted by molar-refractivity contribution is 5.76. The van der Waals surface area contributed by atoms with Crippen molar-refractivity contribution >= 4 is 11.9 Å². The second kappa shape index (κ2) is 61.1. The average Bonchev–Trinajstić information content (AvgIpc) is 3.37. The van der Waals surface area contributed by atoms with E-state index in [1.807, 2.05) is 0 Å². The molecule has 0 saturated carbocycles. The molecule has 422 valence electrons. The van der Waals surface area contributed by atoms with Gasteiger partial charge < -0.3 is 20.3 Å². The molecule has 0 aromatic carbocycles. The van der Waals surface area contributed by atoms with Gasteiger partial charge in [0, 0.05) is 12.8 Å². The fourth-order valence-corrected chi connectivity index (χ4v) is 10.3. The minimum Gasteiger partial charge on any atom is -0.466 e. The summed E-state index contributed by atoms with van der Waals surface area (Å²) < 4.78 is 5.50. The van der Waals surface area contributed by atoms with Crippen LogP contribution in [0.1, 0.15) is 367 Å². The van der Waals surface area contributed by atoms with Crippen molar-refractivity contribution in [2.75, 3.05) is 13.2 Å². The molecule has 0 aliphatic rings. The van der Waals surface area contributed by atoms with Crippen molar-refractivity contribution in [2.45, 2.75) is 379 Å². The second-order valence-electron chi connectivity index (χ2n) is 22.5. The zero-order valence-corrected chi connectivity index (χ0v) is 48.2. The van der Waals surface area contributed by atoms with Crippen LogP contribution in [0, 0.1) is 0 Å². The smallest absolute Gasteiger partial charge is 0.305 e. The predicted octanol–water partition coefficient (Wildman–Crippen LogP) is 20.4. The Morgan fingerprint density at radius 1 is 0.380 bits per heavy atom. The summed E-state index contributed by atoms with van der Waals surface area (Å²) in [7, 11) is 0. The number of ether oxygens (including phenoxy) is 1. The molecule has 0 radical (unpaired) electrons. The summed E-state index contributed by atoms with van der Waals surface area (Å²) in [6.07, 6.45) is 73.7. The number of nitrogens with one attached hydrogen (secondary N) is 1. The SMILES string of the molecule is CCCCCCCC/C=C\CCCCCCCCCCCC(=O)OCCCCCCCCCCCCCCCCCCCCCC(=O)NC(CO)C(O)CCCCCCCCCCCCCCCCCC. The maximum absolute atomic E-state index is 12.5. The summed E-state index contributed by atoms with van der Waals surface area (Å²) in [5, 5.41) is 23.3. The first kappa shape index (κ1) is 69.6. The number of hydrogen-bond acceptors (Lipinski definition) is 5. The number of allylic oxidation sites excluding steroid dienone is 2. The zero-order chi connectivity index (χ0) is 51.4. The number of hydrogen-bond donors (Lipinski definition) is 3. The van der Waals surface area contributed by atoms with Crippen LogP contribution in [0.3, 0.4) is 0 Å². The van der Waals surface area contributed by atoms with Gasteiger partial charge in [-0.05, 0) is 51.4 Å². The Hall–Kier alpha value is -1.40. The number of esters is 1. The summed E-state index contributed by atoms with van der Waals surface area (Å²) in [6.45, 7) is 4.97. The number of rotatable bonds is 61. The number of unbranched alkanes of at least 4 members (excludes halogenated alkanes) is 48. The maximum Gasteiger partial charge on any atom is 0.305 e. The maximum atomic E-state index is 12.5. The van der Waals surface area contributed by atoms with Gasteiger partial charge in [-0.2, -0.15) is 0 Å². The van der Waals surface area contributed by atoms with Gasteiger partial charge in [0.15, 0.2) is 0 Å². The fourth-order valence-electron chi connectivity index (χ4n) is 10.3. The van der Waals surface area contributed by atoms with Crippen LogP contribution in [0.5, 0.6) is 0 Å². The highest BCUT2D eigenvalue weighted by Gasteiger charge is 2.20. The molecule has 1 amide bonds. The van der Waals surface area contributed by atoms with Crippen molar-refractivity contribution in [1.82, 2.24) is 5.32 Å². The van der Waals surface area contributed by atoms with E-state index in [1.54, 1.807) is 0 Å². The quantitative estimate of drug-likeness (QED) is 0.0320. The number of carbonyl (C=O) groups excluding carboxylic acids is 2. The van der Waals surface area contributed by atoms with E-state index in [4.69, 9.17) is 4.74 Å². The molecule has 2 atom stereocenters. The van der Waals surface area contributed by atoms with Gasteiger partial charge in [-0.3, -0.25) is 9.59 Å². The van der Waals surface area contributed by atoms with Crippen molar-refractivity contribution in [1.29, 1.82) is 0 Å². The molecule has 0 aromatic rings. The van der Waals surface area contributed by atoms with Gasteiger partial charge in [0.1, 0.15) is 0 Å².